The molecule has 1 unspecified atom stereocenters. The second kappa shape index (κ2) is 9.22. The number of nitrogens with one attached hydrogen (secondary N) is 1. The number of carbonyl (C=O) groups excluding carboxylic acids is 2. The van der Waals surface area contributed by atoms with Crippen molar-refractivity contribution >= 4 is 12.1 Å². The van der Waals surface area contributed by atoms with E-state index < -0.39 is 5.60 Å². The largest absolute Gasteiger partial charge is 0.466 e. The second-order valence-electron chi connectivity index (χ2n) is 7.98. The average molecular weight is 376 g/mol. The van der Waals surface area contributed by atoms with E-state index in [0.29, 0.717) is 26.1 Å². The number of likely N-dealkylation sites (tertiary alicyclic amines) is 1. The van der Waals surface area contributed by atoms with Crippen molar-refractivity contribution in [1.82, 2.24) is 10.2 Å². The third-order valence-electron chi connectivity index (χ3n) is 4.62. The van der Waals surface area contributed by atoms with Crippen LogP contribution in [-0.2, 0) is 14.3 Å². The molecule has 1 aliphatic rings. The van der Waals surface area contributed by atoms with E-state index in [1.165, 1.54) is 0 Å². The summed E-state index contributed by atoms with van der Waals surface area (Å²) >= 11 is 0. The van der Waals surface area contributed by atoms with E-state index >= 15 is 0 Å². The molecule has 1 aromatic rings. The molecule has 0 saturated carbocycles. The van der Waals surface area contributed by atoms with Crippen LogP contribution in [-0.4, -0.2) is 48.3 Å². The van der Waals surface area contributed by atoms with Crippen molar-refractivity contribution in [3.63, 3.8) is 0 Å². The molecule has 1 aliphatic heterocycles. The second-order valence-corrected chi connectivity index (χ2v) is 7.98. The van der Waals surface area contributed by atoms with E-state index in [1.54, 1.807) is 4.90 Å². The first-order valence-corrected chi connectivity index (χ1v) is 9.67. The zero-order valence-corrected chi connectivity index (χ0v) is 17.0. The number of nitrogens with zero attached hydrogens (tertiary/aromatic N) is 1. The van der Waals surface area contributed by atoms with E-state index in [0.717, 1.165) is 5.56 Å². The van der Waals surface area contributed by atoms with Gasteiger partial charge in [-0.25, -0.2) is 4.79 Å². The third-order valence-corrected chi connectivity index (χ3v) is 4.62. The molecular formula is C21H32N2O4. The summed E-state index contributed by atoms with van der Waals surface area (Å²) in [5.74, 6) is -0.492. The molecule has 1 heterocycles. The number of hydrogen-bond acceptors (Lipinski definition) is 5. The Labute approximate surface area is 162 Å². The van der Waals surface area contributed by atoms with Crippen LogP contribution in [0.1, 0.15) is 52.6 Å². The SMILES string of the molecule is CCOC(=O)[C@H]1CCN(C(=O)OC(C)(C)C)CC1N[C@H](C)c1ccccc1. The lowest BCUT2D eigenvalue weighted by Crippen LogP contribution is -2.56. The Hall–Kier alpha value is -2.08. The van der Waals surface area contributed by atoms with Crippen LogP contribution in [0.4, 0.5) is 4.79 Å². The van der Waals surface area contributed by atoms with E-state index in [1.807, 2.05) is 58.0 Å². The summed E-state index contributed by atoms with van der Waals surface area (Å²) in [6, 6.07) is 9.90. The standard InChI is InChI=1S/C21H32N2O4/c1-6-26-19(24)17-12-13-23(20(25)27-21(3,4)5)14-18(17)22-15(2)16-10-8-7-9-11-16/h7-11,15,17-18,22H,6,12-14H2,1-5H3/t15-,17+,18?/m1/s1. The van der Waals surface area contributed by atoms with Gasteiger partial charge in [0.2, 0.25) is 0 Å². The highest BCUT2D eigenvalue weighted by Gasteiger charge is 2.38. The Bertz CT molecular complexity index is 627. The predicted octanol–water partition coefficient (Wildman–Crippen LogP) is 3.53. The first-order chi connectivity index (χ1) is 12.7. The van der Waals surface area contributed by atoms with Crippen molar-refractivity contribution < 1.29 is 19.1 Å². The number of ether oxygens (including phenoxy) is 2. The van der Waals surface area contributed by atoms with Crippen molar-refractivity contribution in [3.05, 3.63) is 35.9 Å². The first-order valence-electron chi connectivity index (χ1n) is 9.67. The van der Waals surface area contributed by atoms with Crippen molar-refractivity contribution in [2.75, 3.05) is 19.7 Å². The molecule has 0 aromatic heterocycles. The van der Waals surface area contributed by atoms with Gasteiger partial charge in [0.15, 0.2) is 0 Å². The Balaban J connectivity index is 2.12. The molecule has 1 saturated heterocycles. The fraction of sp³-hybridized carbons (Fsp3) is 0.619. The van der Waals surface area contributed by atoms with Crippen LogP contribution in [0.25, 0.3) is 0 Å². The first kappa shape index (κ1) is 21.2. The fourth-order valence-corrected chi connectivity index (χ4v) is 3.30. The van der Waals surface area contributed by atoms with E-state index in [-0.39, 0.29) is 30.1 Å². The predicted molar refractivity (Wildman–Crippen MR) is 104 cm³/mol. The topological polar surface area (TPSA) is 67.9 Å². The van der Waals surface area contributed by atoms with Crippen LogP contribution >= 0.6 is 0 Å². The summed E-state index contributed by atoms with van der Waals surface area (Å²) in [5, 5.41) is 3.52. The van der Waals surface area contributed by atoms with Crippen LogP contribution in [0.15, 0.2) is 30.3 Å². The quantitative estimate of drug-likeness (QED) is 0.797. The van der Waals surface area contributed by atoms with Crippen molar-refractivity contribution in [1.29, 1.82) is 0 Å². The molecule has 6 nitrogen and oxygen atoms in total. The Morgan fingerprint density at radius 1 is 1.26 bits per heavy atom. The van der Waals surface area contributed by atoms with Gasteiger partial charge < -0.3 is 19.7 Å². The maximum Gasteiger partial charge on any atom is 0.410 e. The highest BCUT2D eigenvalue weighted by molar-refractivity contribution is 5.74. The zero-order chi connectivity index (χ0) is 20.0. The average Bonchev–Trinajstić information content (AvgIpc) is 2.61. The van der Waals surface area contributed by atoms with Crippen LogP contribution in [0, 0.1) is 5.92 Å². The Morgan fingerprint density at radius 3 is 2.52 bits per heavy atom. The summed E-state index contributed by atoms with van der Waals surface area (Å²) < 4.78 is 10.8. The summed E-state index contributed by atoms with van der Waals surface area (Å²) in [6.45, 7) is 10.7. The Kier molecular flexibility index (Phi) is 7.25. The monoisotopic (exact) mass is 376 g/mol. The van der Waals surface area contributed by atoms with E-state index in [4.69, 9.17) is 9.47 Å². The minimum absolute atomic E-state index is 0.0479. The van der Waals surface area contributed by atoms with Crippen LogP contribution in [0.2, 0.25) is 0 Å². The molecule has 0 aliphatic carbocycles. The number of esters is 1. The van der Waals surface area contributed by atoms with Crippen molar-refractivity contribution in [3.8, 4) is 0 Å². The van der Waals surface area contributed by atoms with Gasteiger partial charge in [-0.1, -0.05) is 30.3 Å². The molecule has 2 rings (SSSR count). The molecule has 0 bridgehead atoms. The molecule has 27 heavy (non-hydrogen) atoms. The molecule has 1 N–H and O–H groups in total. The van der Waals surface area contributed by atoms with Gasteiger partial charge in [0.05, 0.1) is 12.5 Å². The molecule has 1 fully saturated rings. The minimum Gasteiger partial charge on any atom is -0.466 e. The third kappa shape index (κ3) is 6.24. The van der Waals surface area contributed by atoms with Gasteiger partial charge in [-0.2, -0.15) is 0 Å². The van der Waals surface area contributed by atoms with Gasteiger partial charge in [0.1, 0.15) is 5.60 Å². The van der Waals surface area contributed by atoms with Crippen LogP contribution in [0.5, 0.6) is 0 Å². The van der Waals surface area contributed by atoms with Gasteiger partial charge in [-0.05, 0) is 46.6 Å². The summed E-state index contributed by atoms with van der Waals surface area (Å²) in [5.41, 5.74) is 0.587. The zero-order valence-electron chi connectivity index (χ0n) is 17.0. The lowest BCUT2D eigenvalue weighted by atomic mass is 9.90. The van der Waals surface area contributed by atoms with Gasteiger partial charge in [-0.15, -0.1) is 0 Å². The molecule has 150 valence electrons. The van der Waals surface area contributed by atoms with Crippen molar-refractivity contribution in [2.45, 2.75) is 58.7 Å². The number of rotatable bonds is 5. The van der Waals surface area contributed by atoms with E-state index in [2.05, 4.69) is 12.2 Å². The summed E-state index contributed by atoms with van der Waals surface area (Å²) in [7, 11) is 0. The van der Waals surface area contributed by atoms with E-state index in [9.17, 15) is 9.59 Å². The Morgan fingerprint density at radius 2 is 1.93 bits per heavy atom. The summed E-state index contributed by atoms with van der Waals surface area (Å²) in [6.07, 6.45) is 0.209. The van der Waals surface area contributed by atoms with Gasteiger partial charge in [0, 0.05) is 25.2 Å². The molecule has 1 amide bonds. The maximum absolute atomic E-state index is 12.5. The number of hydrogen-bond donors (Lipinski definition) is 1. The molecule has 0 spiro atoms. The summed E-state index contributed by atoms with van der Waals surface area (Å²) in [4.78, 5) is 26.6. The number of carbonyl (C=O) groups is 2. The molecule has 0 radical (unpaired) electrons. The lowest BCUT2D eigenvalue weighted by molar-refractivity contribution is -0.151. The molecular weight excluding hydrogens is 344 g/mol. The lowest BCUT2D eigenvalue weighted by Gasteiger charge is -2.39. The van der Waals surface area contributed by atoms with Crippen molar-refractivity contribution in [2.24, 2.45) is 5.92 Å². The van der Waals surface area contributed by atoms with Gasteiger partial charge in [0.25, 0.3) is 0 Å². The highest BCUT2D eigenvalue weighted by Crippen LogP contribution is 2.24. The minimum atomic E-state index is -0.546. The van der Waals surface area contributed by atoms with Gasteiger partial charge in [-0.3, -0.25) is 4.79 Å². The smallest absolute Gasteiger partial charge is 0.410 e. The molecule has 1 aromatic carbocycles. The fourth-order valence-electron chi connectivity index (χ4n) is 3.30. The number of benzene rings is 1. The maximum atomic E-state index is 12.5. The molecule has 6 heteroatoms. The molecule has 3 atom stereocenters. The normalized spacial score (nSPS) is 21.4. The van der Waals surface area contributed by atoms with Gasteiger partial charge >= 0.3 is 12.1 Å². The number of amides is 1. The van der Waals surface area contributed by atoms with Crippen LogP contribution in [0.3, 0.4) is 0 Å². The van der Waals surface area contributed by atoms with Crippen LogP contribution < -0.4 is 5.32 Å². The number of piperidine rings is 1. The highest BCUT2D eigenvalue weighted by atomic mass is 16.6.